The van der Waals surface area contributed by atoms with Crippen molar-refractivity contribution in [1.82, 2.24) is 24.1 Å². The topological polar surface area (TPSA) is 48.5 Å². The van der Waals surface area contributed by atoms with Crippen LogP contribution in [0.3, 0.4) is 0 Å². The van der Waals surface area contributed by atoms with Crippen molar-refractivity contribution in [1.29, 1.82) is 0 Å². The number of para-hydroxylation sites is 4. The third-order valence-electron chi connectivity index (χ3n) is 12.6. The van der Waals surface area contributed by atoms with E-state index in [-0.39, 0.29) is 49.4 Å². The average Bonchev–Trinajstić information content (AvgIpc) is 2.61. The number of rotatable bonds is 4. The lowest BCUT2D eigenvalue weighted by molar-refractivity contribution is 0.794. The highest BCUT2D eigenvalue weighted by Gasteiger charge is 2.51. The van der Waals surface area contributed by atoms with E-state index in [2.05, 4.69) is 91.0 Å². The van der Waals surface area contributed by atoms with Crippen LogP contribution in [0.2, 0.25) is 0 Å². The van der Waals surface area contributed by atoms with Gasteiger partial charge < -0.3 is 0 Å². The molecule has 0 saturated heterocycles. The molecule has 5 nitrogen and oxygen atoms in total. The summed E-state index contributed by atoms with van der Waals surface area (Å²) >= 11 is 0. The summed E-state index contributed by atoms with van der Waals surface area (Å²) in [5.41, 5.74) is 9.35. The number of hydrogen-bond acceptors (Lipinski definition) is 3. The van der Waals surface area contributed by atoms with Crippen LogP contribution in [0.25, 0.3) is 100 Å². The molecule has 2 aliphatic rings. The number of benzene rings is 9. The van der Waals surface area contributed by atoms with Crippen LogP contribution in [0.4, 0.5) is 0 Å². The molecule has 1 spiro atoms. The van der Waals surface area contributed by atoms with Gasteiger partial charge in [0.15, 0.2) is 5.82 Å². The van der Waals surface area contributed by atoms with Crippen molar-refractivity contribution in [2.24, 2.45) is 0 Å². The standard InChI is InChI=1S/C58H35N5/c1-8-22-47-39(15-1)40-16-2-9-23-48(40)58(47)49-24-10-3-17-41(49)42-34-33-38(35-50(42)58)36-29-31-37(32-30-36)55-59-56(62-51-25-11-4-18-43(51)44-19-5-12-26-52(44)62)61-57(60-55)63-53-27-13-6-20-45(53)46-21-7-14-28-54(46)63/h1-35H/i4D,5D,6D,7D,11D,12D,13D,14D,18D,19D,20D,21D,25D,26D,27D,28D. The third kappa shape index (κ3) is 4.63. The maximum Gasteiger partial charge on any atom is 0.240 e. The maximum absolute atomic E-state index is 9.26. The van der Waals surface area contributed by atoms with E-state index >= 15 is 0 Å². The molecule has 9 aromatic carbocycles. The highest BCUT2D eigenvalue weighted by Crippen LogP contribution is 2.63. The minimum Gasteiger partial charge on any atom is -0.278 e. The average molecular weight is 818 g/mol. The molecule has 0 bridgehead atoms. The Morgan fingerprint density at radius 3 is 1.16 bits per heavy atom. The molecule has 0 aliphatic heterocycles. The first-order chi connectivity index (χ1) is 37.9. The molecular weight excluding hydrogens is 767 g/mol. The fourth-order valence-corrected chi connectivity index (χ4v) is 10.0. The van der Waals surface area contributed by atoms with Crippen LogP contribution in [0.5, 0.6) is 0 Å². The zero-order chi connectivity index (χ0) is 55.2. The van der Waals surface area contributed by atoms with Crippen LogP contribution in [-0.2, 0) is 5.41 Å². The number of nitrogens with zero attached hydrogens (tertiary/aromatic N) is 5. The van der Waals surface area contributed by atoms with Crippen molar-refractivity contribution in [2.45, 2.75) is 5.41 Å². The molecule has 12 aromatic rings. The van der Waals surface area contributed by atoms with E-state index in [1.807, 2.05) is 12.1 Å². The van der Waals surface area contributed by atoms with E-state index in [1.54, 1.807) is 12.1 Å². The molecule has 3 heterocycles. The molecular formula is C58H35N5. The first-order valence-electron chi connectivity index (χ1n) is 28.2. The molecule has 0 atom stereocenters. The molecule has 2 aliphatic carbocycles. The maximum atomic E-state index is 9.26. The summed E-state index contributed by atoms with van der Waals surface area (Å²) in [6.45, 7) is 0. The van der Waals surface area contributed by atoms with Crippen molar-refractivity contribution in [2.75, 3.05) is 0 Å². The molecule has 63 heavy (non-hydrogen) atoms. The Hall–Kier alpha value is -8.41. The highest BCUT2D eigenvalue weighted by atomic mass is 15.3. The minimum absolute atomic E-state index is 0.137. The molecule has 14 rings (SSSR count). The first-order valence-corrected chi connectivity index (χ1v) is 20.2. The van der Waals surface area contributed by atoms with Gasteiger partial charge in [-0.05, 0) is 85.9 Å². The minimum atomic E-state index is -0.695. The normalized spacial score (nSPS) is 16.8. The second kappa shape index (κ2) is 12.8. The number of hydrogen-bond donors (Lipinski definition) is 0. The highest BCUT2D eigenvalue weighted by molar-refractivity contribution is 6.10. The van der Waals surface area contributed by atoms with Crippen LogP contribution in [0.1, 0.15) is 44.2 Å². The van der Waals surface area contributed by atoms with Crippen molar-refractivity contribution in [3.05, 3.63) is 234 Å². The monoisotopic (exact) mass is 817 g/mol. The zero-order valence-electron chi connectivity index (χ0n) is 48.7. The molecule has 0 saturated carbocycles. The van der Waals surface area contributed by atoms with Gasteiger partial charge in [0.2, 0.25) is 11.9 Å². The Morgan fingerprint density at radius 2 is 0.714 bits per heavy atom. The van der Waals surface area contributed by atoms with Gasteiger partial charge in [-0.3, -0.25) is 9.13 Å². The summed E-state index contributed by atoms with van der Waals surface area (Å²) in [6, 6.07) is 28.7. The fourth-order valence-electron chi connectivity index (χ4n) is 10.0. The number of fused-ring (bicyclic) bond motifs is 16. The third-order valence-corrected chi connectivity index (χ3v) is 12.6. The van der Waals surface area contributed by atoms with Gasteiger partial charge in [0.25, 0.3) is 0 Å². The van der Waals surface area contributed by atoms with Gasteiger partial charge in [-0.2, -0.15) is 15.0 Å². The van der Waals surface area contributed by atoms with Crippen molar-refractivity contribution < 1.29 is 21.9 Å². The Balaban J connectivity index is 1.05. The van der Waals surface area contributed by atoms with Crippen molar-refractivity contribution in [3.8, 4) is 56.7 Å². The zero-order valence-corrected chi connectivity index (χ0v) is 32.7. The lowest BCUT2D eigenvalue weighted by atomic mass is 9.70. The summed E-state index contributed by atoms with van der Waals surface area (Å²) in [7, 11) is 0. The Bertz CT molecular complexity index is 4420. The van der Waals surface area contributed by atoms with E-state index < -0.39 is 114 Å². The lowest BCUT2D eigenvalue weighted by Crippen LogP contribution is -2.25. The van der Waals surface area contributed by atoms with E-state index in [4.69, 9.17) is 31.4 Å². The van der Waals surface area contributed by atoms with Crippen molar-refractivity contribution in [3.63, 3.8) is 0 Å². The molecule has 0 unspecified atom stereocenters. The first kappa shape index (κ1) is 22.4. The predicted octanol–water partition coefficient (Wildman–Crippen LogP) is 13.7. The van der Waals surface area contributed by atoms with E-state index in [0.717, 1.165) is 48.1 Å². The molecule has 3 aromatic heterocycles. The second-order valence-electron chi connectivity index (χ2n) is 15.5. The summed E-state index contributed by atoms with van der Waals surface area (Å²) in [4.78, 5) is 14.6. The molecule has 292 valence electrons. The molecule has 5 heteroatoms. The SMILES string of the molecule is [2H]c1c([2H])c([2H])c2c(c1[2H])c1c([2H])c([2H])c([2H])c([2H])c1n2-c1nc(-c2ccc(-c3ccc4c(c3)C3(c5ccccc5-c5ccccc53)c3ccccc3-4)cc2)nc(-n2c3c([2H])c([2H])c([2H])c([2H])c3c3c([2H])c([2H])c([2H])c([2H])c32)n1. The van der Waals surface area contributed by atoms with Gasteiger partial charge in [0, 0.05) is 27.1 Å². The quantitative estimate of drug-likeness (QED) is 0.178. The van der Waals surface area contributed by atoms with Gasteiger partial charge >= 0.3 is 0 Å². The van der Waals surface area contributed by atoms with Crippen LogP contribution in [0.15, 0.2) is 212 Å². The van der Waals surface area contributed by atoms with E-state index in [9.17, 15) is 5.48 Å². The lowest BCUT2D eigenvalue weighted by Gasteiger charge is -2.30. The Morgan fingerprint density at radius 1 is 0.349 bits per heavy atom. The van der Waals surface area contributed by atoms with Gasteiger partial charge in [0.1, 0.15) is 0 Å². The van der Waals surface area contributed by atoms with Crippen LogP contribution < -0.4 is 0 Å². The second-order valence-corrected chi connectivity index (χ2v) is 15.5. The van der Waals surface area contributed by atoms with Gasteiger partial charge in [-0.15, -0.1) is 0 Å². The van der Waals surface area contributed by atoms with Gasteiger partial charge in [0.05, 0.1) is 49.4 Å². The van der Waals surface area contributed by atoms with Gasteiger partial charge in [-0.1, -0.05) is 182 Å². The summed E-state index contributed by atoms with van der Waals surface area (Å²) in [5.74, 6) is -1.06. The number of aromatic nitrogens is 5. The van der Waals surface area contributed by atoms with Crippen LogP contribution in [0, 0.1) is 0 Å². The van der Waals surface area contributed by atoms with E-state index in [1.165, 1.54) is 16.7 Å². The van der Waals surface area contributed by atoms with E-state index in [0.29, 0.717) is 5.56 Å². The van der Waals surface area contributed by atoms with Crippen LogP contribution in [-0.4, -0.2) is 24.1 Å². The smallest absolute Gasteiger partial charge is 0.240 e. The molecule has 0 amide bonds. The Kier molecular flexibility index (Phi) is 4.56. The largest absolute Gasteiger partial charge is 0.278 e. The summed E-state index contributed by atoms with van der Waals surface area (Å²) < 4.78 is 145. The Labute approximate surface area is 385 Å². The molecule has 0 fully saturated rings. The van der Waals surface area contributed by atoms with Gasteiger partial charge in [-0.25, -0.2) is 0 Å². The summed E-state index contributed by atoms with van der Waals surface area (Å²) in [5, 5.41) is -1.04. The van der Waals surface area contributed by atoms with Crippen LogP contribution >= 0.6 is 0 Å². The molecule has 0 radical (unpaired) electrons. The summed E-state index contributed by atoms with van der Waals surface area (Å²) in [6.07, 6.45) is 0. The van der Waals surface area contributed by atoms with Crippen molar-refractivity contribution >= 4 is 43.6 Å². The fraction of sp³-hybridized carbons (Fsp3) is 0.0172. The molecule has 0 N–H and O–H groups in total. The predicted molar refractivity (Wildman–Crippen MR) is 256 cm³/mol.